The highest BCUT2D eigenvalue weighted by atomic mass is 79.9. The van der Waals surface area contributed by atoms with Crippen LogP contribution in [0.2, 0.25) is 26.2 Å². The van der Waals surface area contributed by atoms with Crippen LogP contribution in [-0.4, -0.2) is 42.9 Å². The Bertz CT molecular complexity index is 748. The molecule has 2 heterocycles. The fourth-order valence-electron chi connectivity index (χ4n) is 1.83. The molecule has 0 fully saturated rings. The van der Waals surface area contributed by atoms with Crippen LogP contribution in [0.3, 0.4) is 0 Å². The maximum Gasteiger partial charge on any atom is 0.348 e. The molecule has 170 valence electrons. The second-order valence-electron chi connectivity index (χ2n) is 7.91. The minimum Gasteiger partial charge on any atom is -0.477 e. The molecule has 0 aliphatic rings. The highest BCUT2D eigenvalue weighted by Gasteiger charge is 2.08. The molecule has 9 heteroatoms. The molecule has 0 saturated carbocycles. The van der Waals surface area contributed by atoms with Crippen LogP contribution in [0, 0.1) is 0 Å². The molecule has 4 nitrogen and oxygen atoms in total. The van der Waals surface area contributed by atoms with Gasteiger partial charge in [-0.25, -0.2) is 9.59 Å². The molecule has 2 rings (SSSR count). The number of halogens is 2. The second kappa shape index (κ2) is 16.2. The van der Waals surface area contributed by atoms with Crippen molar-refractivity contribution < 1.29 is 19.4 Å². The predicted molar refractivity (Wildman–Crippen MR) is 140 cm³/mol. The van der Waals surface area contributed by atoms with Gasteiger partial charge in [-0.3, -0.25) is 0 Å². The standard InChI is InChI=1S/C9H11BrO2S.C8H9BrO2S.C4H12Si/c1-12-9(11)8-5-4-7(13-8)3-2-6-10;9-5-1-2-6-3-4-7(12-6)8(10)11;1-5(2,3)4/h4-5H,2-3,6H2,1H3;3-4H,1-2,5H2,(H,10,11);1-4H3. The summed E-state index contributed by atoms with van der Waals surface area (Å²) < 4.78 is 4.62. The quantitative estimate of drug-likeness (QED) is 0.193. The van der Waals surface area contributed by atoms with Gasteiger partial charge in [0, 0.05) is 28.5 Å². The molecule has 2 aromatic heterocycles. The van der Waals surface area contributed by atoms with Gasteiger partial charge in [-0.15, -0.1) is 22.7 Å². The summed E-state index contributed by atoms with van der Waals surface area (Å²) in [6.45, 7) is 9.31. The van der Waals surface area contributed by atoms with Crippen molar-refractivity contribution in [1.29, 1.82) is 0 Å². The molecule has 0 aliphatic heterocycles. The van der Waals surface area contributed by atoms with Crippen molar-refractivity contribution >= 4 is 74.5 Å². The van der Waals surface area contributed by atoms with E-state index in [0.717, 1.165) is 41.2 Å². The molecule has 1 N–H and O–H groups in total. The Morgan fingerprint density at radius 3 is 1.63 bits per heavy atom. The number of methoxy groups -OCH3 is 1. The summed E-state index contributed by atoms with van der Waals surface area (Å²) >= 11 is 9.57. The van der Waals surface area contributed by atoms with Crippen LogP contribution >= 0.6 is 54.5 Å². The van der Waals surface area contributed by atoms with Crippen LogP contribution in [-0.2, 0) is 17.6 Å². The van der Waals surface area contributed by atoms with Crippen LogP contribution in [0.15, 0.2) is 24.3 Å². The number of thiophene rings is 2. The summed E-state index contributed by atoms with van der Waals surface area (Å²) in [6.07, 6.45) is 4.14. The third-order valence-electron chi connectivity index (χ3n) is 3.03. The zero-order valence-corrected chi connectivity index (χ0v) is 24.1. The van der Waals surface area contributed by atoms with Gasteiger partial charge >= 0.3 is 11.9 Å². The van der Waals surface area contributed by atoms with Crippen molar-refractivity contribution in [3.05, 3.63) is 43.8 Å². The van der Waals surface area contributed by atoms with E-state index in [1.165, 1.54) is 34.7 Å². The van der Waals surface area contributed by atoms with Crippen molar-refractivity contribution in [1.82, 2.24) is 0 Å². The van der Waals surface area contributed by atoms with Crippen LogP contribution < -0.4 is 0 Å². The average molecular weight is 601 g/mol. The van der Waals surface area contributed by atoms with Crippen molar-refractivity contribution in [3.63, 3.8) is 0 Å². The molecule has 0 unspecified atom stereocenters. The molecule has 0 aliphatic carbocycles. The normalized spacial score (nSPS) is 10.4. The van der Waals surface area contributed by atoms with Crippen molar-refractivity contribution in [2.75, 3.05) is 17.8 Å². The number of esters is 1. The molecule has 0 amide bonds. The number of carboxylic acid groups (broad SMARTS) is 1. The minimum atomic E-state index is -0.829. The Morgan fingerprint density at radius 1 is 0.900 bits per heavy atom. The molecular formula is C21H32Br2O4S2Si. The zero-order valence-electron chi connectivity index (χ0n) is 18.3. The Balaban J connectivity index is 0.000000461. The molecule has 0 aromatic carbocycles. The number of carboxylic acids is 1. The van der Waals surface area contributed by atoms with Gasteiger partial charge in [0.15, 0.2) is 0 Å². The lowest BCUT2D eigenvalue weighted by molar-refractivity contribution is 0.0605. The Kier molecular flexibility index (Phi) is 15.9. The van der Waals surface area contributed by atoms with Gasteiger partial charge in [0.25, 0.3) is 0 Å². The molecule has 2 aromatic rings. The molecule has 0 bridgehead atoms. The van der Waals surface area contributed by atoms with Crippen molar-refractivity contribution in [2.45, 2.75) is 51.9 Å². The summed E-state index contributed by atoms with van der Waals surface area (Å²) in [6, 6.07) is 7.35. The van der Waals surface area contributed by atoms with E-state index in [1.807, 2.05) is 18.2 Å². The van der Waals surface area contributed by atoms with E-state index in [4.69, 9.17) is 5.11 Å². The summed E-state index contributed by atoms with van der Waals surface area (Å²) in [4.78, 5) is 25.1. The van der Waals surface area contributed by atoms with Gasteiger partial charge in [-0.05, 0) is 49.9 Å². The highest BCUT2D eigenvalue weighted by molar-refractivity contribution is 9.09. The SMILES string of the molecule is COC(=O)c1ccc(CCCBr)s1.C[Si](C)(C)C.O=C(O)c1ccc(CCCBr)s1. The van der Waals surface area contributed by atoms with E-state index in [2.05, 4.69) is 62.8 Å². The zero-order chi connectivity index (χ0) is 23.2. The van der Waals surface area contributed by atoms with Gasteiger partial charge in [0.05, 0.1) is 7.11 Å². The topological polar surface area (TPSA) is 63.6 Å². The van der Waals surface area contributed by atoms with Crippen molar-refractivity contribution in [3.8, 4) is 0 Å². The minimum absolute atomic E-state index is 0.241. The fourth-order valence-corrected chi connectivity index (χ4v) is 4.25. The Labute approximate surface area is 206 Å². The lowest BCUT2D eigenvalue weighted by atomic mass is 10.3. The van der Waals surface area contributed by atoms with E-state index in [0.29, 0.717) is 9.75 Å². The van der Waals surface area contributed by atoms with E-state index in [9.17, 15) is 9.59 Å². The first-order valence-corrected chi connectivity index (χ1v) is 17.5. The number of ether oxygens (including phenoxy) is 1. The first-order valence-electron chi connectivity index (χ1n) is 9.62. The monoisotopic (exact) mass is 598 g/mol. The van der Waals surface area contributed by atoms with E-state index in [1.54, 1.807) is 6.07 Å². The predicted octanol–water partition coefficient (Wildman–Crippen LogP) is 7.59. The lowest BCUT2D eigenvalue weighted by Crippen LogP contribution is -2.10. The fraction of sp³-hybridized carbons (Fsp3) is 0.524. The van der Waals surface area contributed by atoms with Crippen LogP contribution in [0.1, 0.15) is 41.9 Å². The highest BCUT2D eigenvalue weighted by Crippen LogP contribution is 2.19. The number of hydrogen-bond acceptors (Lipinski definition) is 5. The first kappa shape index (κ1) is 29.5. The number of alkyl halides is 2. The van der Waals surface area contributed by atoms with Gasteiger partial charge in [-0.2, -0.15) is 0 Å². The van der Waals surface area contributed by atoms with E-state index in [-0.39, 0.29) is 5.97 Å². The summed E-state index contributed by atoms with van der Waals surface area (Å²) in [5, 5.41) is 10.6. The average Bonchev–Trinajstić information content (AvgIpc) is 3.33. The molecule has 0 radical (unpaired) electrons. The summed E-state index contributed by atoms with van der Waals surface area (Å²) in [7, 11) is 0.792. The third kappa shape index (κ3) is 15.3. The maximum absolute atomic E-state index is 11.1. The molecule has 0 spiro atoms. The number of aromatic carboxylic acids is 1. The van der Waals surface area contributed by atoms with Gasteiger partial charge in [0.2, 0.25) is 0 Å². The number of aryl methyl sites for hydroxylation is 2. The molecule has 0 saturated heterocycles. The second-order valence-corrected chi connectivity index (χ2v) is 17.8. The van der Waals surface area contributed by atoms with E-state index < -0.39 is 14.0 Å². The van der Waals surface area contributed by atoms with E-state index >= 15 is 0 Å². The number of carbonyl (C=O) groups is 2. The molecular weight excluding hydrogens is 568 g/mol. The molecule has 30 heavy (non-hydrogen) atoms. The van der Waals surface area contributed by atoms with Crippen LogP contribution in [0.25, 0.3) is 0 Å². The van der Waals surface area contributed by atoms with Crippen LogP contribution in [0.5, 0.6) is 0 Å². The third-order valence-corrected chi connectivity index (χ3v) is 6.41. The number of carbonyl (C=O) groups excluding carboxylic acids is 1. The summed E-state index contributed by atoms with van der Waals surface area (Å²) in [5.41, 5.74) is 0. The largest absolute Gasteiger partial charge is 0.477 e. The van der Waals surface area contributed by atoms with Gasteiger partial charge < -0.3 is 9.84 Å². The van der Waals surface area contributed by atoms with Crippen LogP contribution in [0.4, 0.5) is 0 Å². The van der Waals surface area contributed by atoms with Gasteiger partial charge in [0.1, 0.15) is 9.75 Å². The Hall–Kier alpha value is -0.483. The van der Waals surface area contributed by atoms with Crippen molar-refractivity contribution in [2.24, 2.45) is 0 Å². The maximum atomic E-state index is 11.1. The molecule has 0 atom stereocenters. The number of rotatable bonds is 8. The first-order chi connectivity index (χ1) is 14.0. The lowest BCUT2D eigenvalue weighted by Gasteiger charge is -2.01. The smallest absolute Gasteiger partial charge is 0.348 e. The number of hydrogen-bond donors (Lipinski definition) is 1. The summed E-state index contributed by atoms with van der Waals surface area (Å²) in [5.74, 6) is -1.07. The van der Waals surface area contributed by atoms with Gasteiger partial charge in [-0.1, -0.05) is 58.0 Å². The Morgan fingerprint density at radius 2 is 1.30 bits per heavy atom.